The first-order valence-corrected chi connectivity index (χ1v) is 17.9. The number of fused-ring (bicyclic) bond motifs is 5. The monoisotopic (exact) mass is 624 g/mol. The molecule has 10 atom stereocenters. The Labute approximate surface area is 266 Å². The van der Waals surface area contributed by atoms with Crippen LogP contribution in [0.5, 0.6) is 0 Å². The van der Waals surface area contributed by atoms with Crippen molar-refractivity contribution in [2.75, 3.05) is 34.2 Å². The van der Waals surface area contributed by atoms with E-state index in [4.69, 9.17) is 14.2 Å². The summed E-state index contributed by atoms with van der Waals surface area (Å²) in [6.45, 7) is 4.59. The molecule has 0 heterocycles. The van der Waals surface area contributed by atoms with Crippen molar-refractivity contribution in [1.29, 1.82) is 0 Å². The zero-order valence-electron chi connectivity index (χ0n) is 28.2. The Morgan fingerprint density at radius 1 is 0.818 bits per heavy atom. The van der Waals surface area contributed by atoms with E-state index in [9.17, 15) is 25.2 Å². The van der Waals surface area contributed by atoms with Gasteiger partial charge >= 0.3 is 5.97 Å². The molecule has 4 aliphatic rings. The fourth-order valence-corrected chi connectivity index (χ4v) is 11.2. The minimum Gasteiger partial charge on any atom is -0.469 e. The van der Waals surface area contributed by atoms with Crippen LogP contribution >= 0.6 is 0 Å². The normalized spacial score (nSPS) is 39.6. The Morgan fingerprint density at radius 3 is 2.11 bits per heavy atom. The highest BCUT2D eigenvalue weighted by Crippen LogP contribution is 2.70. The third-order valence-electron chi connectivity index (χ3n) is 13.6. The number of carbonyl (C=O) groups is 1. The summed E-state index contributed by atoms with van der Waals surface area (Å²) in [5.41, 5.74) is -0.567. The predicted octanol–water partition coefficient (Wildman–Crippen LogP) is 5.62. The van der Waals surface area contributed by atoms with Crippen LogP contribution in [0.4, 0.5) is 0 Å². The van der Waals surface area contributed by atoms with Crippen molar-refractivity contribution >= 4 is 5.97 Å². The van der Waals surface area contributed by atoms with E-state index in [-0.39, 0.29) is 36.1 Å². The van der Waals surface area contributed by atoms with Crippen molar-refractivity contribution in [2.45, 2.75) is 141 Å². The number of hydrogen-bond donors (Lipinski definition) is 4. The molecule has 4 saturated carbocycles. The number of aliphatic hydroxyl groups is 4. The maximum absolute atomic E-state index is 11.4. The quantitative estimate of drug-likeness (QED) is 0.0934. The van der Waals surface area contributed by atoms with Crippen LogP contribution in [0.15, 0.2) is 0 Å². The number of esters is 1. The fraction of sp³-hybridized carbons (Fsp3) is 0.972. The minimum atomic E-state index is -1.02. The second-order valence-electron chi connectivity index (χ2n) is 15.6. The Bertz CT molecular complexity index is 887. The lowest BCUT2D eigenvalue weighted by Crippen LogP contribution is -2.61. The molecule has 0 radical (unpaired) electrons. The van der Waals surface area contributed by atoms with E-state index in [0.717, 1.165) is 32.1 Å². The van der Waals surface area contributed by atoms with Crippen LogP contribution in [-0.4, -0.2) is 78.9 Å². The van der Waals surface area contributed by atoms with E-state index in [1.54, 1.807) is 7.11 Å². The topological polar surface area (TPSA) is 126 Å². The summed E-state index contributed by atoms with van der Waals surface area (Å²) >= 11 is 0. The Morgan fingerprint density at radius 2 is 1.48 bits per heavy atom. The summed E-state index contributed by atoms with van der Waals surface area (Å²) in [7, 11) is 3.16. The van der Waals surface area contributed by atoms with Crippen LogP contribution in [0.3, 0.4) is 0 Å². The lowest BCUT2D eigenvalue weighted by atomic mass is 9.40. The predicted molar refractivity (Wildman–Crippen MR) is 170 cm³/mol. The average molecular weight is 625 g/mol. The molecule has 0 aromatic carbocycles. The second-order valence-corrected chi connectivity index (χ2v) is 15.6. The fourth-order valence-electron chi connectivity index (χ4n) is 11.2. The molecule has 0 aromatic heterocycles. The highest BCUT2D eigenvalue weighted by atomic mass is 16.7. The van der Waals surface area contributed by atoms with Crippen LogP contribution in [0.2, 0.25) is 0 Å². The minimum absolute atomic E-state index is 0.111. The molecule has 0 bridgehead atoms. The van der Waals surface area contributed by atoms with Crippen LogP contribution in [-0.2, 0) is 19.0 Å². The largest absolute Gasteiger partial charge is 0.469 e. The van der Waals surface area contributed by atoms with Gasteiger partial charge in [0.2, 0.25) is 0 Å². The van der Waals surface area contributed by atoms with Gasteiger partial charge < -0.3 is 34.6 Å². The average Bonchev–Trinajstić information content (AvgIpc) is 3.36. The van der Waals surface area contributed by atoms with Crippen molar-refractivity contribution in [2.24, 2.45) is 45.8 Å². The van der Waals surface area contributed by atoms with Gasteiger partial charge in [-0.3, -0.25) is 4.79 Å². The highest BCUT2D eigenvalue weighted by Gasteiger charge is 2.65. The number of methoxy groups -OCH3 is 2. The Hall–Kier alpha value is -0.770. The number of rotatable bonds is 17. The first kappa shape index (κ1) is 36.1. The molecule has 4 fully saturated rings. The van der Waals surface area contributed by atoms with Crippen LogP contribution in [0.1, 0.15) is 123 Å². The molecule has 4 rings (SSSR count). The number of hydrogen-bond acceptors (Lipinski definition) is 8. The maximum Gasteiger partial charge on any atom is 0.305 e. The number of carbonyl (C=O) groups excluding carboxylic acids is 1. The van der Waals surface area contributed by atoms with Crippen molar-refractivity contribution in [3.05, 3.63) is 0 Å². The standard InChI is InChI=1S/C36H64O8/c1-34-18-19-36(29(39)22-37,30(40)23-38)21-26(34)14-15-27-28-16-17-31(44-24-42-3)35(28,2)20-25(33(27)34)12-10-8-6-5-7-9-11-13-32(41)43-4/h25-31,33,37-40H,5-24H2,1-4H3/t25?,26?,27-,28-,29?,30?,31?,33+,34-,35-,36?/m0/s1. The van der Waals surface area contributed by atoms with Gasteiger partial charge in [-0.2, -0.15) is 0 Å². The van der Waals surface area contributed by atoms with Gasteiger partial charge in [-0.1, -0.05) is 58.8 Å². The van der Waals surface area contributed by atoms with E-state index >= 15 is 0 Å². The first-order chi connectivity index (χ1) is 21.1. The lowest BCUT2D eigenvalue weighted by Gasteiger charge is -2.65. The van der Waals surface area contributed by atoms with Crippen LogP contribution in [0, 0.1) is 45.8 Å². The molecule has 4 aliphatic carbocycles. The van der Waals surface area contributed by atoms with E-state index in [1.807, 2.05) is 0 Å². The summed E-state index contributed by atoms with van der Waals surface area (Å²) in [5, 5.41) is 41.8. The van der Waals surface area contributed by atoms with E-state index in [1.165, 1.54) is 64.9 Å². The summed E-state index contributed by atoms with van der Waals surface area (Å²) in [6, 6.07) is 0. The first-order valence-electron chi connectivity index (χ1n) is 17.9. The molecular weight excluding hydrogens is 560 g/mol. The van der Waals surface area contributed by atoms with Gasteiger partial charge in [-0.25, -0.2) is 0 Å². The Kier molecular flexibility index (Phi) is 13.0. The third-order valence-corrected chi connectivity index (χ3v) is 13.6. The van der Waals surface area contributed by atoms with Crippen molar-refractivity contribution in [1.82, 2.24) is 0 Å². The van der Waals surface area contributed by atoms with Gasteiger partial charge in [0.25, 0.3) is 0 Å². The van der Waals surface area contributed by atoms with Crippen LogP contribution < -0.4 is 0 Å². The SMILES string of the molecule is COCOC1CC[C@H]2[C@@H]3CCC4CC(C(O)CO)(C(O)CO)CC[C@]4(C)[C@@H]3C(CCCCCCCCCC(=O)OC)C[C@]12C. The van der Waals surface area contributed by atoms with Gasteiger partial charge in [-0.15, -0.1) is 0 Å². The number of aliphatic hydroxyl groups excluding tert-OH is 4. The summed E-state index contributed by atoms with van der Waals surface area (Å²) in [5.74, 6) is 2.77. The molecule has 4 N–H and O–H groups in total. The molecule has 5 unspecified atom stereocenters. The maximum atomic E-state index is 11.4. The zero-order valence-corrected chi connectivity index (χ0v) is 28.2. The summed E-state index contributed by atoms with van der Waals surface area (Å²) < 4.78 is 16.4. The molecule has 0 spiro atoms. The van der Waals surface area contributed by atoms with Crippen LogP contribution in [0.25, 0.3) is 0 Å². The molecular formula is C36H64O8. The number of ether oxygens (including phenoxy) is 3. The third kappa shape index (κ3) is 7.21. The van der Waals surface area contributed by atoms with Crippen molar-refractivity contribution < 1.29 is 39.4 Å². The van der Waals surface area contributed by atoms with Crippen molar-refractivity contribution in [3.8, 4) is 0 Å². The molecule has 0 saturated heterocycles. The molecule has 0 aromatic rings. The molecule has 44 heavy (non-hydrogen) atoms. The van der Waals surface area contributed by atoms with Gasteiger partial charge in [0, 0.05) is 18.9 Å². The van der Waals surface area contributed by atoms with Gasteiger partial charge in [0.15, 0.2) is 0 Å². The van der Waals surface area contributed by atoms with E-state index in [2.05, 4.69) is 13.8 Å². The van der Waals surface area contributed by atoms with E-state index < -0.39 is 17.6 Å². The number of unbranched alkanes of at least 4 members (excludes halogenated alkanes) is 6. The van der Waals surface area contributed by atoms with Gasteiger partial charge in [0.1, 0.15) is 6.79 Å². The summed E-state index contributed by atoms with van der Waals surface area (Å²) in [4.78, 5) is 11.4. The zero-order chi connectivity index (χ0) is 32.0. The smallest absolute Gasteiger partial charge is 0.305 e. The molecule has 8 nitrogen and oxygen atoms in total. The molecule has 256 valence electrons. The Balaban J connectivity index is 1.47. The molecule has 0 amide bonds. The molecule has 0 aliphatic heterocycles. The highest BCUT2D eigenvalue weighted by molar-refractivity contribution is 5.68. The summed E-state index contributed by atoms with van der Waals surface area (Å²) in [6.07, 6.45) is 16.0. The van der Waals surface area contributed by atoms with Gasteiger partial charge in [0.05, 0.1) is 38.6 Å². The van der Waals surface area contributed by atoms with Crippen molar-refractivity contribution in [3.63, 3.8) is 0 Å². The lowest BCUT2D eigenvalue weighted by molar-refractivity contribution is -0.206. The van der Waals surface area contributed by atoms with E-state index in [0.29, 0.717) is 55.6 Å². The second kappa shape index (κ2) is 15.9. The molecule has 8 heteroatoms. The van der Waals surface area contributed by atoms with Gasteiger partial charge in [-0.05, 0) is 98.2 Å².